The van der Waals surface area contributed by atoms with Crippen LogP contribution in [0.4, 0.5) is 11.5 Å². The van der Waals surface area contributed by atoms with Gasteiger partial charge in [0, 0.05) is 24.8 Å². The summed E-state index contributed by atoms with van der Waals surface area (Å²) in [5.74, 6) is 7.14. The Kier molecular flexibility index (Phi) is 5.88. The highest BCUT2D eigenvalue weighted by Gasteiger charge is 2.17. The summed E-state index contributed by atoms with van der Waals surface area (Å²) in [4.78, 5) is 11.8. The molecule has 130 valence electrons. The molecule has 1 aliphatic rings. The second-order valence-corrected chi connectivity index (χ2v) is 5.93. The fourth-order valence-electron chi connectivity index (χ4n) is 2.88. The van der Waals surface area contributed by atoms with Crippen molar-refractivity contribution in [2.45, 2.75) is 12.8 Å². The van der Waals surface area contributed by atoms with Gasteiger partial charge in [-0.25, -0.2) is 4.98 Å². The Morgan fingerprint density at radius 1 is 1.19 bits per heavy atom. The van der Waals surface area contributed by atoms with E-state index in [4.69, 9.17) is 10.1 Å². The van der Waals surface area contributed by atoms with Gasteiger partial charge in [-0.2, -0.15) is 5.26 Å². The molecule has 0 unspecified atom stereocenters. The first-order valence-corrected chi connectivity index (χ1v) is 8.49. The van der Waals surface area contributed by atoms with E-state index in [1.807, 2.05) is 30.3 Å². The van der Waals surface area contributed by atoms with Crippen molar-refractivity contribution in [1.82, 2.24) is 4.98 Å². The molecule has 0 amide bonds. The van der Waals surface area contributed by atoms with Crippen LogP contribution in [-0.2, 0) is 4.84 Å². The highest BCUT2D eigenvalue weighted by molar-refractivity contribution is 5.64. The maximum absolute atomic E-state index is 8.93. The number of hydrogen-bond donors (Lipinski definition) is 1. The van der Waals surface area contributed by atoms with Crippen molar-refractivity contribution >= 4 is 11.5 Å². The number of aromatic nitrogens is 1. The summed E-state index contributed by atoms with van der Waals surface area (Å²) in [7, 11) is 1.60. The van der Waals surface area contributed by atoms with Crippen molar-refractivity contribution in [2.75, 3.05) is 30.6 Å². The van der Waals surface area contributed by atoms with Crippen LogP contribution in [0.2, 0.25) is 0 Å². The Morgan fingerprint density at radius 2 is 2.00 bits per heavy atom. The molecule has 0 saturated carbocycles. The van der Waals surface area contributed by atoms with Gasteiger partial charge in [0.2, 0.25) is 0 Å². The number of anilines is 2. The van der Waals surface area contributed by atoms with Crippen LogP contribution in [0.25, 0.3) is 0 Å². The van der Waals surface area contributed by atoms with E-state index in [1.54, 1.807) is 25.4 Å². The van der Waals surface area contributed by atoms with Crippen molar-refractivity contribution < 1.29 is 4.84 Å². The van der Waals surface area contributed by atoms with Gasteiger partial charge in [0.05, 0.1) is 18.7 Å². The topological polar surface area (TPSA) is 61.2 Å². The molecule has 0 spiro atoms. The zero-order valence-electron chi connectivity index (χ0n) is 14.7. The molecule has 0 atom stereocenters. The number of nitrogens with zero attached hydrogens (tertiary/aromatic N) is 3. The van der Waals surface area contributed by atoms with Crippen molar-refractivity contribution in [3.8, 4) is 17.9 Å². The zero-order chi connectivity index (χ0) is 18.2. The van der Waals surface area contributed by atoms with Crippen LogP contribution >= 0.6 is 0 Å². The molecule has 5 heteroatoms. The average Bonchev–Trinajstić information content (AvgIpc) is 2.69. The molecule has 1 aliphatic heterocycles. The van der Waals surface area contributed by atoms with Crippen molar-refractivity contribution in [3.63, 3.8) is 0 Å². The molecular weight excluding hydrogens is 324 g/mol. The van der Waals surface area contributed by atoms with E-state index < -0.39 is 0 Å². The Morgan fingerprint density at radius 3 is 2.77 bits per heavy atom. The van der Waals surface area contributed by atoms with Crippen LogP contribution in [0.15, 0.2) is 54.2 Å². The van der Waals surface area contributed by atoms with Gasteiger partial charge in [-0.05, 0) is 49.2 Å². The number of allylic oxidation sites excluding steroid dienone is 1. The third-order valence-corrected chi connectivity index (χ3v) is 4.19. The van der Waals surface area contributed by atoms with Crippen LogP contribution in [0, 0.1) is 23.2 Å². The maximum atomic E-state index is 8.93. The SMILES string of the molecule is CONc1cccnc1N1CCC(=CC#Cc2cccc(C#N)c2)CC1. The van der Waals surface area contributed by atoms with E-state index in [-0.39, 0.29) is 0 Å². The van der Waals surface area contributed by atoms with Crippen molar-refractivity contribution in [2.24, 2.45) is 0 Å². The third kappa shape index (κ3) is 4.42. The van der Waals surface area contributed by atoms with Gasteiger partial charge in [0.1, 0.15) is 5.69 Å². The molecule has 2 aromatic rings. The number of nitrogens with one attached hydrogen (secondary N) is 1. The molecule has 1 aromatic heterocycles. The van der Waals surface area contributed by atoms with E-state index >= 15 is 0 Å². The predicted octanol–water partition coefficient (Wildman–Crippen LogP) is 3.50. The summed E-state index contributed by atoms with van der Waals surface area (Å²) in [6.07, 6.45) is 5.71. The van der Waals surface area contributed by atoms with Crippen molar-refractivity contribution in [1.29, 1.82) is 5.26 Å². The number of nitriles is 1. The lowest BCUT2D eigenvalue weighted by Gasteiger charge is -2.30. The molecular formula is C21H20N4O. The minimum atomic E-state index is 0.633. The molecule has 1 saturated heterocycles. The van der Waals surface area contributed by atoms with E-state index in [9.17, 15) is 0 Å². The minimum absolute atomic E-state index is 0.633. The summed E-state index contributed by atoms with van der Waals surface area (Å²) >= 11 is 0. The first kappa shape index (κ1) is 17.5. The van der Waals surface area contributed by atoms with E-state index in [2.05, 4.69) is 33.3 Å². The first-order valence-electron chi connectivity index (χ1n) is 8.49. The minimum Gasteiger partial charge on any atom is -0.354 e. The van der Waals surface area contributed by atoms with Crippen LogP contribution in [-0.4, -0.2) is 25.2 Å². The largest absolute Gasteiger partial charge is 0.354 e. The van der Waals surface area contributed by atoms with Gasteiger partial charge in [-0.3, -0.25) is 10.3 Å². The number of piperidine rings is 1. The van der Waals surface area contributed by atoms with E-state index in [1.165, 1.54) is 5.57 Å². The van der Waals surface area contributed by atoms with Crippen LogP contribution in [0.5, 0.6) is 0 Å². The fourth-order valence-corrected chi connectivity index (χ4v) is 2.88. The Labute approximate surface area is 153 Å². The van der Waals surface area contributed by atoms with E-state index in [0.29, 0.717) is 5.56 Å². The second kappa shape index (κ2) is 8.71. The second-order valence-electron chi connectivity index (χ2n) is 5.93. The lowest BCUT2D eigenvalue weighted by molar-refractivity contribution is 0.271. The summed E-state index contributed by atoms with van der Waals surface area (Å²) in [6.45, 7) is 1.79. The Hall–Kier alpha value is -3.28. The smallest absolute Gasteiger partial charge is 0.154 e. The maximum Gasteiger partial charge on any atom is 0.154 e. The van der Waals surface area contributed by atoms with E-state index in [0.717, 1.165) is 43.0 Å². The summed E-state index contributed by atoms with van der Waals surface area (Å²) in [6, 6.07) is 13.3. The van der Waals surface area contributed by atoms with Crippen LogP contribution in [0.1, 0.15) is 24.0 Å². The molecule has 3 rings (SSSR count). The lowest BCUT2D eigenvalue weighted by atomic mass is 10.0. The normalized spacial score (nSPS) is 13.4. The molecule has 26 heavy (non-hydrogen) atoms. The highest BCUT2D eigenvalue weighted by atomic mass is 16.6. The summed E-state index contributed by atoms with van der Waals surface area (Å²) < 4.78 is 0. The standard InChI is InChI=1S/C21H20N4O/c1-26-24-20-9-4-12-23-21(20)25-13-10-17(11-14-25)5-2-6-18-7-3-8-19(15-18)16-22/h3-5,7-9,12,15,24H,10-11,13-14H2,1H3. The highest BCUT2D eigenvalue weighted by Crippen LogP contribution is 2.27. The Balaban J connectivity index is 1.63. The van der Waals surface area contributed by atoms with Gasteiger partial charge >= 0.3 is 0 Å². The molecule has 0 radical (unpaired) electrons. The van der Waals surface area contributed by atoms with Crippen LogP contribution in [0.3, 0.4) is 0 Å². The lowest BCUT2D eigenvalue weighted by Crippen LogP contribution is -2.31. The average molecular weight is 344 g/mol. The van der Waals surface area contributed by atoms with Gasteiger partial charge in [-0.15, -0.1) is 0 Å². The number of hydrogen-bond acceptors (Lipinski definition) is 5. The molecule has 0 aliphatic carbocycles. The third-order valence-electron chi connectivity index (χ3n) is 4.19. The monoisotopic (exact) mass is 344 g/mol. The van der Waals surface area contributed by atoms with Crippen LogP contribution < -0.4 is 10.4 Å². The number of benzene rings is 1. The predicted molar refractivity (Wildman–Crippen MR) is 102 cm³/mol. The summed E-state index contributed by atoms with van der Waals surface area (Å²) in [5, 5.41) is 8.93. The van der Waals surface area contributed by atoms with Gasteiger partial charge < -0.3 is 4.90 Å². The molecule has 2 heterocycles. The number of pyridine rings is 1. The Bertz CT molecular complexity index is 892. The molecule has 0 bridgehead atoms. The van der Waals surface area contributed by atoms with Gasteiger partial charge in [0.15, 0.2) is 5.82 Å². The molecule has 1 aromatic carbocycles. The fraction of sp³-hybridized carbons (Fsp3) is 0.238. The van der Waals surface area contributed by atoms with Crippen molar-refractivity contribution in [3.05, 3.63) is 65.4 Å². The van der Waals surface area contributed by atoms with Gasteiger partial charge in [-0.1, -0.05) is 23.5 Å². The van der Waals surface area contributed by atoms with Gasteiger partial charge in [0.25, 0.3) is 0 Å². The summed E-state index contributed by atoms with van der Waals surface area (Å²) in [5.41, 5.74) is 6.59. The molecule has 1 fully saturated rings. The quantitative estimate of drug-likeness (QED) is 0.682. The molecule has 5 nitrogen and oxygen atoms in total. The number of rotatable bonds is 3. The first-order chi connectivity index (χ1) is 12.8. The molecule has 1 N–H and O–H groups in total. The zero-order valence-corrected chi connectivity index (χ0v) is 14.7.